The van der Waals surface area contributed by atoms with Gasteiger partial charge in [0.05, 0.1) is 6.20 Å². The number of carbonyl (C=O) groups is 1. The Bertz CT molecular complexity index is 548. The van der Waals surface area contributed by atoms with Gasteiger partial charge in [0, 0.05) is 12.3 Å². The van der Waals surface area contributed by atoms with Gasteiger partial charge in [-0.25, -0.2) is 9.89 Å². The minimum Gasteiger partial charge on any atom is -0.416 e. The van der Waals surface area contributed by atoms with Gasteiger partial charge in [0.1, 0.15) is 5.69 Å². The monoisotopic (exact) mass is 326 g/mol. The molecule has 2 aromatic heterocycles. The van der Waals surface area contributed by atoms with Crippen molar-refractivity contribution in [1.29, 1.82) is 0 Å². The summed E-state index contributed by atoms with van der Waals surface area (Å²) in [4.78, 5) is 22.5. The molecule has 0 aliphatic heterocycles. The van der Waals surface area contributed by atoms with Crippen LogP contribution >= 0.6 is 0 Å². The Morgan fingerprint density at radius 2 is 1.48 bits per heavy atom. The molecule has 2 rings (SSSR count). The first-order valence-corrected chi connectivity index (χ1v) is 6.85. The van der Waals surface area contributed by atoms with E-state index < -0.39 is 11.5 Å². The molecule has 2 N–H and O–H groups in total. The van der Waals surface area contributed by atoms with Crippen LogP contribution in [0.4, 0.5) is 0 Å². The normalized spacial score (nSPS) is 8.00. The number of aromatic amines is 2. The van der Waals surface area contributed by atoms with Crippen LogP contribution in [0.3, 0.4) is 0 Å². The third-order valence-corrected chi connectivity index (χ3v) is 1.61. The predicted molar refractivity (Wildman–Crippen MR) is 93.8 cm³/mol. The topological polar surface area (TPSA) is 101 Å². The highest BCUT2D eigenvalue weighted by atomic mass is 16.5. The van der Waals surface area contributed by atoms with Gasteiger partial charge in [-0.2, -0.15) is 10.2 Å². The van der Waals surface area contributed by atoms with Gasteiger partial charge >= 0.3 is 11.5 Å². The molecule has 0 atom stereocenters. The van der Waals surface area contributed by atoms with Crippen molar-refractivity contribution in [2.45, 2.75) is 55.4 Å². The third kappa shape index (κ3) is 10.9. The number of carbonyl (C=O) groups excluding carboxylic acids is 1. The summed E-state index contributed by atoms with van der Waals surface area (Å²) in [6.07, 6.45) is 5.23. The molecule has 0 bridgehead atoms. The van der Waals surface area contributed by atoms with E-state index in [1.165, 1.54) is 37.4 Å². The lowest BCUT2D eigenvalue weighted by molar-refractivity contribution is 0.0725. The van der Waals surface area contributed by atoms with E-state index in [-0.39, 0.29) is 26.3 Å². The molecule has 7 heteroatoms. The summed E-state index contributed by atoms with van der Waals surface area (Å²) in [5.41, 5.74) is -0.392. The first-order chi connectivity index (χ1) is 10.1. The number of hydrogen-bond acceptors (Lipinski definition) is 5. The molecular formula is C16H30N4O3. The molecule has 2 aromatic rings. The van der Waals surface area contributed by atoms with Crippen molar-refractivity contribution in [3.8, 4) is 5.75 Å². The molecule has 0 saturated heterocycles. The lowest BCUT2D eigenvalue weighted by Crippen LogP contribution is -2.17. The first kappa shape index (κ1) is 25.5. The minimum atomic E-state index is -0.677. The summed E-state index contributed by atoms with van der Waals surface area (Å²) in [7, 11) is 0. The van der Waals surface area contributed by atoms with E-state index in [2.05, 4.69) is 48.1 Å². The Labute approximate surface area is 138 Å². The maximum Gasteiger partial charge on any atom is 0.361 e. The number of hydrogen-bond donors (Lipinski definition) is 2. The number of aromatic nitrogens is 4. The Morgan fingerprint density at radius 3 is 1.91 bits per heavy atom. The first-order valence-electron chi connectivity index (χ1n) is 6.85. The smallest absolute Gasteiger partial charge is 0.361 e. The number of nitrogens with one attached hydrogen (secondary N) is 2. The average Bonchev–Trinajstić information content (AvgIpc) is 2.97. The zero-order valence-electron chi connectivity index (χ0n) is 12.8. The molecule has 0 aliphatic carbocycles. The van der Waals surface area contributed by atoms with Crippen molar-refractivity contribution in [2.75, 3.05) is 0 Å². The van der Waals surface area contributed by atoms with Crippen molar-refractivity contribution in [3.63, 3.8) is 0 Å². The van der Waals surface area contributed by atoms with Gasteiger partial charge in [-0.05, 0) is 6.07 Å². The van der Waals surface area contributed by atoms with Crippen LogP contribution in [0.1, 0.15) is 65.9 Å². The summed E-state index contributed by atoms with van der Waals surface area (Å²) in [6.45, 7) is 8.50. The predicted octanol–water partition coefficient (Wildman–Crippen LogP) is 3.82. The van der Waals surface area contributed by atoms with E-state index in [9.17, 15) is 9.59 Å². The van der Waals surface area contributed by atoms with Gasteiger partial charge in [0.15, 0.2) is 5.75 Å². The fourth-order valence-electron chi connectivity index (χ4n) is 0.936. The molecule has 0 radical (unpaired) electrons. The van der Waals surface area contributed by atoms with E-state index in [4.69, 9.17) is 4.74 Å². The van der Waals surface area contributed by atoms with E-state index in [0.717, 1.165) is 0 Å². The average molecular weight is 326 g/mol. The Balaban J connectivity index is -0.000000440. The zero-order valence-corrected chi connectivity index (χ0v) is 12.8. The van der Waals surface area contributed by atoms with Crippen molar-refractivity contribution in [1.82, 2.24) is 20.4 Å². The van der Waals surface area contributed by atoms with Gasteiger partial charge in [-0.3, -0.25) is 9.89 Å². The lowest BCUT2D eigenvalue weighted by Gasteiger charge is -1.99. The van der Waals surface area contributed by atoms with Crippen LogP contribution in [0.2, 0.25) is 0 Å². The summed E-state index contributed by atoms with van der Waals surface area (Å²) in [6, 6.07) is 2.74. The molecule has 23 heavy (non-hydrogen) atoms. The standard InChI is InChI=1S/C8H6N4O3.2C3H8.2CH4/c13-7-6(2-4-10-12-7)15-8(14)5-1-3-9-11-5;2*1-3-2;;/h1-4H,(H,9,11)(H,12,13);2*3H2,1-2H3;2*1H4. The van der Waals surface area contributed by atoms with E-state index in [1.807, 2.05) is 0 Å². The zero-order chi connectivity index (χ0) is 16.1. The molecule has 0 aliphatic rings. The minimum absolute atomic E-state index is 0. The van der Waals surface area contributed by atoms with Crippen LogP contribution in [0.5, 0.6) is 5.75 Å². The molecule has 2 heterocycles. The van der Waals surface area contributed by atoms with Gasteiger partial charge in [-0.1, -0.05) is 55.4 Å². The van der Waals surface area contributed by atoms with E-state index in [1.54, 1.807) is 0 Å². The highest BCUT2D eigenvalue weighted by molar-refractivity contribution is 5.88. The molecule has 7 nitrogen and oxygen atoms in total. The second-order valence-corrected chi connectivity index (χ2v) is 4.02. The molecule has 0 unspecified atom stereocenters. The van der Waals surface area contributed by atoms with Crippen molar-refractivity contribution >= 4 is 5.97 Å². The lowest BCUT2D eigenvalue weighted by atomic mass is 10.4. The fourth-order valence-corrected chi connectivity index (χ4v) is 0.936. The second kappa shape index (κ2) is 15.9. The van der Waals surface area contributed by atoms with E-state index in [0.29, 0.717) is 0 Å². The number of ether oxygens (including phenoxy) is 1. The van der Waals surface area contributed by atoms with Gasteiger partial charge in [-0.15, -0.1) is 0 Å². The van der Waals surface area contributed by atoms with Crippen LogP contribution in [0.25, 0.3) is 0 Å². The summed E-state index contributed by atoms with van der Waals surface area (Å²) >= 11 is 0. The number of H-pyrrole nitrogens is 2. The van der Waals surface area contributed by atoms with Crippen molar-refractivity contribution < 1.29 is 9.53 Å². The summed E-state index contributed by atoms with van der Waals surface area (Å²) in [5.74, 6) is -0.784. The molecular weight excluding hydrogens is 296 g/mol. The van der Waals surface area contributed by atoms with Crippen LogP contribution < -0.4 is 10.3 Å². The molecule has 0 amide bonds. The third-order valence-electron chi connectivity index (χ3n) is 1.61. The number of rotatable bonds is 2. The Hall–Kier alpha value is -2.44. The summed E-state index contributed by atoms with van der Waals surface area (Å²) in [5, 5.41) is 11.6. The number of nitrogens with zero attached hydrogens (tertiary/aromatic N) is 2. The van der Waals surface area contributed by atoms with Crippen molar-refractivity contribution in [2.24, 2.45) is 0 Å². The highest BCUT2D eigenvalue weighted by Crippen LogP contribution is 2.02. The molecule has 0 aromatic carbocycles. The van der Waals surface area contributed by atoms with Crippen LogP contribution in [-0.4, -0.2) is 26.4 Å². The van der Waals surface area contributed by atoms with Crippen LogP contribution in [-0.2, 0) is 0 Å². The summed E-state index contributed by atoms with van der Waals surface area (Å²) < 4.78 is 4.80. The van der Waals surface area contributed by atoms with Gasteiger partial charge < -0.3 is 4.74 Å². The molecule has 0 fully saturated rings. The van der Waals surface area contributed by atoms with Crippen molar-refractivity contribution in [3.05, 3.63) is 40.6 Å². The maximum atomic E-state index is 11.4. The van der Waals surface area contributed by atoms with E-state index >= 15 is 0 Å². The van der Waals surface area contributed by atoms with Gasteiger partial charge in [0.2, 0.25) is 0 Å². The maximum absolute atomic E-state index is 11.4. The van der Waals surface area contributed by atoms with Gasteiger partial charge in [0.25, 0.3) is 0 Å². The molecule has 0 saturated carbocycles. The fraction of sp³-hybridized carbons (Fsp3) is 0.500. The largest absolute Gasteiger partial charge is 0.416 e. The van der Waals surface area contributed by atoms with Crippen LogP contribution in [0.15, 0.2) is 29.3 Å². The highest BCUT2D eigenvalue weighted by Gasteiger charge is 2.11. The SMILES string of the molecule is C.C.CCC.CCC.O=C(Oc1ccn[nH]c1=O)c1ccn[nH]1. The Kier molecular flexibility index (Phi) is 17.7. The second-order valence-electron chi connectivity index (χ2n) is 4.02. The quantitative estimate of drug-likeness (QED) is 0.817. The molecule has 0 spiro atoms. The molecule has 132 valence electrons. The van der Waals surface area contributed by atoms with Crippen LogP contribution in [0, 0.1) is 0 Å². The number of esters is 1. The Morgan fingerprint density at radius 1 is 1.00 bits per heavy atom.